The Morgan fingerprint density at radius 1 is 0.909 bits per heavy atom. The van der Waals surface area contributed by atoms with Crippen LogP contribution in [-0.2, 0) is 14.4 Å². The summed E-state index contributed by atoms with van der Waals surface area (Å²) in [7, 11) is 0. The number of aryl methyl sites for hydroxylation is 3. The zero-order valence-electron chi connectivity index (χ0n) is 37.8. The quantitative estimate of drug-likeness (QED) is 0.100. The van der Waals surface area contributed by atoms with Crippen molar-refractivity contribution in [2.24, 2.45) is 10.4 Å². The van der Waals surface area contributed by atoms with Gasteiger partial charge in [-0.1, -0.05) is 75.4 Å². The molecule has 14 nitrogen and oxygen atoms in total. The van der Waals surface area contributed by atoms with Gasteiger partial charge in [-0.15, -0.1) is 32.9 Å². The molecule has 0 spiro atoms. The van der Waals surface area contributed by atoms with Crippen molar-refractivity contribution in [2.75, 3.05) is 6.54 Å². The number of amides is 3. The Bertz CT molecular complexity index is 2900. The molecular formula is C49H51FN8O6S2. The second-order valence-electron chi connectivity index (χ2n) is 18.1. The number of thiophene rings is 1. The van der Waals surface area contributed by atoms with Gasteiger partial charge in [0.05, 0.1) is 45.9 Å². The van der Waals surface area contributed by atoms with E-state index in [1.807, 2.05) is 87.7 Å². The van der Waals surface area contributed by atoms with Crippen LogP contribution < -0.4 is 10.6 Å². The minimum absolute atomic E-state index is 0.0206. The summed E-state index contributed by atoms with van der Waals surface area (Å²) in [6, 6.07) is 16.1. The number of thiazole rings is 1. The Balaban J connectivity index is 0.980. The van der Waals surface area contributed by atoms with Crippen LogP contribution in [0.1, 0.15) is 107 Å². The molecule has 3 aromatic heterocycles. The predicted octanol–water partition coefficient (Wildman–Crippen LogP) is 7.84. The predicted molar refractivity (Wildman–Crippen MR) is 252 cm³/mol. The Morgan fingerprint density at radius 3 is 2.21 bits per heavy atom. The number of carbonyl (C=O) groups is 4. The average molecular weight is 931 g/mol. The number of aliphatic hydroxyl groups is 1. The lowest BCUT2D eigenvalue weighted by molar-refractivity contribution is -0.142. The van der Waals surface area contributed by atoms with E-state index in [0.717, 1.165) is 48.3 Å². The van der Waals surface area contributed by atoms with Crippen LogP contribution in [-0.4, -0.2) is 89.0 Å². The molecule has 2 aliphatic rings. The smallest absolute Gasteiger partial charge is 0.306 e. The van der Waals surface area contributed by atoms with Crippen molar-refractivity contribution in [1.82, 2.24) is 35.3 Å². The fraction of sp³-hybridized carbons (Fsp3) is 0.347. The minimum Gasteiger partial charge on any atom is -0.481 e. The van der Waals surface area contributed by atoms with Crippen LogP contribution in [0.4, 0.5) is 4.39 Å². The summed E-state index contributed by atoms with van der Waals surface area (Å²) in [6.45, 7) is 14.8. The third-order valence-corrected chi connectivity index (χ3v) is 14.5. The molecule has 3 aromatic carbocycles. The van der Waals surface area contributed by atoms with Gasteiger partial charge in [-0.2, -0.15) is 0 Å². The lowest BCUT2D eigenvalue weighted by atomic mass is 9.85. The SMILES string of the molecule is Cc1ncsc1-c1ccc([C@H](C)NC(=O)[C@@H]2C[C@@H](O)CN2C(=O)[C@@H](NC(=O)c2ccc(-c3ccc(C4=N[C@@H](CC(=O)O)c5nnc(C)n5-c5sc(C)c(C)c54)cc3)cc2F)C(C)(C)C)cc1. The molecule has 2 aliphatic heterocycles. The number of β-amino-alcohol motifs (C(OH)–C–C–N with tert-alkyl or cyclic N) is 1. The third-order valence-electron chi connectivity index (χ3n) is 12.3. The molecular weight excluding hydrogens is 880 g/mol. The number of hydrogen-bond acceptors (Lipinski definition) is 11. The highest BCUT2D eigenvalue weighted by molar-refractivity contribution is 7.15. The molecule has 0 unspecified atom stereocenters. The van der Waals surface area contributed by atoms with Crippen molar-refractivity contribution in [3.05, 3.63) is 128 Å². The van der Waals surface area contributed by atoms with Crippen molar-refractivity contribution >= 4 is 52.1 Å². The largest absolute Gasteiger partial charge is 0.481 e. The molecule has 342 valence electrons. The van der Waals surface area contributed by atoms with Crippen molar-refractivity contribution in [3.63, 3.8) is 0 Å². The average Bonchev–Trinajstić information content (AvgIpc) is 4.04. The Kier molecular flexibility index (Phi) is 12.6. The van der Waals surface area contributed by atoms with Gasteiger partial charge in [-0.3, -0.25) is 28.7 Å². The van der Waals surface area contributed by atoms with E-state index in [4.69, 9.17) is 4.99 Å². The number of aliphatic imine (C=N–C) groups is 1. The van der Waals surface area contributed by atoms with Crippen molar-refractivity contribution in [3.8, 4) is 26.6 Å². The molecule has 5 atom stereocenters. The van der Waals surface area contributed by atoms with E-state index in [0.29, 0.717) is 28.5 Å². The summed E-state index contributed by atoms with van der Waals surface area (Å²) < 4.78 is 17.9. The van der Waals surface area contributed by atoms with Crippen molar-refractivity contribution in [2.45, 2.75) is 98.5 Å². The number of hydrogen-bond donors (Lipinski definition) is 4. The highest BCUT2D eigenvalue weighted by Crippen LogP contribution is 2.40. The molecule has 0 saturated carbocycles. The highest BCUT2D eigenvalue weighted by Gasteiger charge is 2.45. The molecule has 1 fully saturated rings. The number of nitrogens with one attached hydrogen (secondary N) is 2. The van der Waals surface area contributed by atoms with Gasteiger partial charge in [0, 0.05) is 29.0 Å². The molecule has 6 aromatic rings. The third kappa shape index (κ3) is 8.94. The van der Waals surface area contributed by atoms with Crippen LogP contribution in [0.3, 0.4) is 0 Å². The van der Waals surface area contributed by atoms with Crippen LogP contribution in [0, 0.1) is 38.9 Å². The first-order valence-corrected chi connectivity index (χ1v) is 23.3. The van der Waals surface area contributed by atoms with Crippen LogP contribution in [0.15, 0.2) is 77.2 Å². The van der Waals surface area contributed by atoms with E-state index in [9.17, 15) is 29.4 Å². The first kappa shape index (κ1) is 46.1. The summed E-state index contributed by atoms with van der Waals surface area (Å²) in [6.07, 6.45) is -1.22. The number of likely N-dealkylation sites (tertiary alicyclic amines) is 1. The molecule has 0 radical (unpaired) electrons. The standard InChI is InChI=1S/C49H51FN8O6S2/c1-24-27(4)66-48-40(24)41(53-37(21-39(60)61)44-56-55-28(5)58(44)48)31-13-11-30(12-14-31)33-17-18-35(36(50)19-33)45(62)54-43(49(6,7)8)47(64)57-22-34(59)20-38(57)46(63)52-25(2)29-9-15-32(16-10-29)42-26(3)51-23-65-42/h9-19,23,25,34,37-38,43,59H,20-22H2,1-8H3,(H,52,63)(H,54,62)(H,60,61)/t25-,34+,37-,38-,43+/m0/s1. The Labute approximate surface area is 389 Å². The monoisotopic (exact) mass is 930 g/mol. The van der Waals surface area contributed by atoms with Crippen LogP contribution in [0.5, 0.6) is 0 Å². The van der Waals surface area contributed by atoms with Crippen LogP contribution in [0.2, 0.25) is 0 Å². The zero-order chi connectivity index (χ0) is 47.4. The molecule has 17 heteroatoms. The number of benzene rings is 3. The van der Waals surface area contributed by atoms with Gasteiger partial charge < -0.3 is 25.7 Å². The summed E-state index contributed by atoms with van der Waals surface area (Å²) in [5.74, 6) is -2.55. The van der Waals surface area contributed by atoms with Gasteiger partial charge in [0.15, 0.2) is 5.82 Å². The van der Waals surface area contributed by atoms with Gasteiger partial charge >= 0.3 is 5.97 Å². The van der Waals surface area contributed by atoms with Crippen LogP contribution in [0.25, 0.3) is 26.6 Å². The van der Waals surface area contributed by atoms with E-state index in [1.54, 1.807) is 55.0 Å². The molecule has 0 aliphatic carbocycles. The Hall–Kier alpha value is -6.43. The number of carbonyl (C=O) groups excluding carboxylic acids is 3. The lowest BCUT2D eigenvalue weighted by Gasteiger charge is -2.35. The number of halogens is 1. The molecule has 8 rings (SSSR count). The number of carboxylic acid groups (broad SMARTS) is 1. The maximum Gasteiger partial charge on any atom is 0.306 e. The molecule has 1 saturated heterocycles. The maximum absolute atomic E-state index is 16.0. The number of rotatable bonds is 11. The summed E-state index contributed by atoms with van der Waals surface area (Å²) in [5, 5.41) is 35.7. The first-order valence-electron chi connectivity index (χ1n) is 21.6. The summed E-state index contributed by atoms with van der Waals surface area (Å²) in [5.41, 5.74) is 7.86. The maximum atomic E-state index is 16.0. The van der Waals surface area contributed by atoms with Gasteiger partial charge in [0.2, 0.25) is 11.8 Å². The normalized spacial score (nSPS) is 17.9. The number of fused-ring (bicyclic) bond motifs is 3. The van der Waals surface area contributed by atoms with Crippen molar-refractivity contribution < 1.29 is 33.8 Å². The lowest BCUT2D eigenvalue weighted by Crippen LogP contribution is -2.58. The second kappa shape index (κ2) is 18.1. The number of aliphatic carboxylic acids is 1. The number of carboxylic acids is 1. The topological polar surface area (TPSA) is 192 Å². The van der Waals surface area contributed by atoms with Crippen molar-refractivity contribution in [1.29, 1.82) is 0 Å². The molecule has 0 bridgehead atoms. The molecule has 5 heterocycles. The van der Waals surface area contributed by atoms with Gasteiger partial charge in [-0.25, -0.2) is 9.37 Å². The molecule has 3 amide bonds. The zero-order valence-corrected chi connectivity index (χ0v) is 39.5. The highest BCUT2D eigenvalue weighted by atomic mass is 32.1. The van der Waals surface area contributed by atoms with Gasteiger partial charge in [0.25, 0.3) is 5.91 Å². The van der Waals surface area contributed by atoms with E-state index < -0.39 is 65.2 Å². The summed E-state index contributed by atoms with van der Waals surface area (Å²) in [4.78, 5) is 66.7. The first-order chi connectivity index (χ1) is 31.3. The number of nitrogens with zero attached hydrogens (tertiary/aromatic N) is 6. The van der Waals surface area contributed by atoms with E-state index >= 15 is 4.39 Å². The Morgan fingerprint density at radius 2 is 1.58 bits per heavy atom. The fourth-order valence-electron chi connectivity index (χ4n) is 8.61. The molecule has 66 heavy (non-hydrogen) atoms. The van der Waals surface area contributed by atoms with E-state index in [2.05, 4.69) is 25.8 Å². The summed E-state index contributed by atoms with van der Waals surface area (Å²) >= 11 is 3.12. The van der Waals surface area contributed by atoms with E-state index in [1.165, 1.54) is 17.0 Å². The minimum atomic E-state index is -1.17. The second-order valence-corrected chi connectivity index (χ2v) is 20.1. The van der Waals surface area contributed by atoms with E-state index in [-0.39, 0.29) is 24.9 Å². The van der Waals surface area contributed by atoms with Gasteiger partial charge in [-0.05, 0) is 80.0 Å². The fourth-order valence-corrected chi connectivity index (χ4v) is 10.6. The number of aliphatic hydroxyl groups excluding tert-OH is 1. The number of aromatic nitrogens is 4. The van der Waals surface area contributed by atoms with Crippen LogP contribution >= 0.6 is 22.7 Å². The van der Waals surface area contributed by atoms with Gasteiger partial charge in [0.1, 0.15) is 34.8 Å². The molecule has 4 N–H and O–H groups in total.